The van der Waals surface area contributed by atoms with Gasteiger partial charge in [-0.15, -0.1) is 0 Å². The summed E-state index contributed by atoms with van der Waals surface area (Å²) in [4.78, 5) is 0. The molecule has 0 spiro atoms. The van der Waals surface area contributed by atoms with Crippen molar-refractivity contribution in [1.29, 1.82) is 0 Å². The molecule has 3 nitrogen and oxygen atoms in total. The van der Waals surface area contributed by atoms with Gasteiger partial charge in [-0.25, -0.2) is 0 Å². The van der Waals surface area contributed by atoms with E-state index >= 15 is 0 Å². The summed E-state index contributed by atoms with van der Waals surface area (Å²) in [5.41, 5.74) is 1.05. The van der Waals surface area contributed by atoms with E-state index in [0.717, 1.165) is 16.5 Å². The lowest BCUT2D eigenvalue weighted by atomic mass is 10.1. The Morgan fingerprint density at radius 2 is 2.07 bits per heavy atom. The van der Waals surface area contributed by atoms with Crippen LogP contribution in [0.3, 0.4) is 0 Å². The Morgan fingerprint density at radius 3 is 2.71 bits per heavy atom. The third-order valence-corrected chi connectivity index (χ3v) is 3.53. The molecule has 1 aromatic rings. The number of hydrogen-bond acceptors (Lipinski definition) is 3. The van der Waals surface area contributed by atoms with E-state index in [0.29, 0.717) is 6.61 Å². The fourth-order valence-corrected chi connectivity index (χ4v) is 2.47. The third kappa shape index (κ3) is 2.45. The summed E-state index contributed by atoms with van der Waals surface area (Å²) in [5, 5.41) is 0. The Bertz CT molecular complexity index is 338. The number of benzene rings is 1. The van der Waals surface area contributed by atoms with E-state index in [1.165, 1.54) is 0 Å². The smallest absolute Gasteiger partial charge is 0.311 e. The molecule has 1 aliphatic heterocycles. The largest absolute Gasteiger partial charge is 0.319 e. The van der Waals surface area contributed by atoms with Crippen molar-refractivity contribution in [2.24, 2.45) is 0 Å². The van der Waals surface area contributed by atoms with Crippen molar-refractivity contribution in [3.05, 3.63) is 34.3 Å². The highest BCUT2D eigenvalue weighted by Crippen LogP contribution is 2.39. The number of rotatable bonds is 1. The summed E-state index contributed by atoms with van der Waals surface area (Å²) >= 11 is 3.36. The van der Waals surface area contributed by atoms with Gasteiger partial charge in [0, 0.05) is 10.9 Å². The Labute approximate surface area is 91.5 Å². The summed E-state index contributed by atoms with van der Waals surface area (Å²) in [7, 11) is -2.26. The van der Waals surface area contributed by atoms with Crippen molar-refractivity contribution < 1.29 is 13.6 Å². The maximum atomic E-state index is 11.0. The quantitative estimate of drug-likeness (QED) is 0.739. The van der Waals surface area contributed by atoms with Crippen LogP contribution in [0, 0.1) is 0 Å². The first-order valence-corrected chi connectivity index (χ1v) is 6.36. The molecule has 2 atom stereocenters. The lowest BCUT2D eigenvalue weighted by molar-refractivity contribution is 0.0968. The zero-order valence-electron chi connectivity index (χ0n) is 7.40. The van der Waals surface area contributed by atoms with Crippen LogP contribution in [0.1, 0.15) is 18.1 Å². The van der Waals surface area contributed by atoms with Crippen molar-refractivity contribution >= 4 is 24.2 Å². The average Bonchev–Trinajstić information content (AvgIpc) is 2.19. The lowest BCUT2D eigenvalue weighted by Gasteiger charge is -2.22. The van der Waals surface area contributed by atoms with Crippen molar-refractivity contribution in [3.8, 4) is 0 Å². The first-order chi connectivity index (χ1) is 6.75. The third-order valence-electron chi connectivity index (χ3n) is 2.08. The van der Waals surface area contributed by atoms with E-state index in [4.69, 9.17) is 9.05 Å². The molecule has 0 saturated carbocycles. The van der Waals surface area contributed by atoms with E-state index in [1.54, 1.807) is 0 Å². The van der Waals surface area contributed by atoms with Gasteiger partial charge >= 0.3 is 8.25 Å². The highest BCUT2D eigenvalue weighted by Gasteiger charge is 2.20. The highest BCUT2D eigenvalue weighted by atomic mass is 79.9. The van der Waals surface area contributed by atoms with Crippen LogP contribution >= 0.6 is 24.2 Å². The predicted octanol–water partition coefficient (Wildman–Crippen LogP) is 3.32. The molecular formula is C9H10BrO3P. The van der Waals surface area contributed by atoms with E-state index in [2.05, 4.69) is 15.9 Å². The average molecular weight is 277 g/mol. The van der Waals surface area contributed by atoms with Gasteiger partial charge in [0.2, 0.25) is 0 Å². The minimum Gasteiger partial charge on any atom is -0.311 e. The second kappa shape index (κ2) is 4.58. The van der Waals surface area contributed by atoms with Crippen molar-refractivity contribution in [2.45, 2.75) is 12.5 Å². The standard InChI is InChI=1S/C9H10BrO3P/c10-8-3-1-7(2-4-8)9-5-6-12-14(11)13-9/h1-4,9,14H,5-6H2/t9-/m0/s1. The monoisotopic (exact) mass is 276 g/mol. The van der Waals surface area contributed by atoms with Gasteiger partial charge in [0.15, 0.2) is 0 Å². The van der Waals surface area contributed by atoms with Crippen molar-refractivity contribution in [1.82, 2.24) is 0 Å². The minimum absolute atomic E-state index is 0.0803. The lowest BCUT2D eigenvalue weighted by Crippen LogP contribution is -2.08. The Morgan fingerprint density at radius 1 is 1.36 bits per heavy atom. The summed E-state index contributed by atoms with van der Waals surface area (Å²) in [6, 6.07) is 7.83. The van der Waals surface area contributed by atoms with Crippen LogP contribution in [0.25, 0.3) is 0 Å². The van der Waals surface area contributed by atoms with Crippen LogP contribution in [-0.4, -0.2) is 6.61 Å². The molecule has 14 heavy (non-hydrogen) atoms. The first-order valence-electron chi connectivity index (χ1n) is 4.34. The van der Waals surface area contributed by atoms with Crippen LogP contribution in [0.4, 0.5) is 0 Å². The molecule has 0 aromatic heterocycles. The normalized spacial score (nSPS) is 27.5. The zero-order valence-corrected chi connectivity index (χ0v) is 9.99. The Balaban J connectivity index is 2.14. The van der Waals surface area contributed by atoms with Gasteiger partial charge in [-0.05, 0) is 17.7 Å². The molecule has 0 N–H and O–H groups in total. The summed E-state index contributed by atoms with van der Waals surface area (Å²) in [5.74, 6) is 0. The summed E-state index contributed by atoms with van der Waals surface area (Å²) in [6.07, 6.45) is 0.682. The first kappa shape index (κ1) is 10.4. The Kier molecular flexibility index (Phi) is 3.39. The molecule has 0 aliphatic carbocycles. The Hall–Kier alpha value is -0.150. The molecule has 1 saturated heterocycles. The SMILES string of the molecule is O=[PH]1OCC[C@@H](c2ccc(Br)cc2)O1. The molecule has 5 heteroatoms. The van der Waals surface area contributed by atoms with Gasteiger partial charge in [0.1, 0.15) is 0 Å². The van der Waals surface area contributed by atoms with Crippen molar-refractivity contribution in [2.75, 3.05) is 6.61 Å². The molecule has 76 valence electrons. The summed E-state index contributed by atoms with van der Waals surface area (Å²) in [6.45, 7) is 0.512. The summed E-state index contributed by atoms with van der Waals surface area (Å²) < 4.78 is 22.2. The maximum absolute atomic E-state index is 11.0. The molecule has 2 rings (SSSR count). The zero-order chi connectivity index (χ0) is 9.97. The number of halogens is 1. The molecule has 1 aromatic carbocycles. The molecule has 0 radical (unpaired) electrons. The van der Waals surface area contributed by atoms with E-state index < -0.39 is 8.25 Å². The van der Waals surface area contributed by atoms with E-state index in [1.807, 2.05) is 24.3 Å². The maximum Gasteiger partial charge on any atom is 0.319 e. The molecule has 1 aliphatic rings. The van der Waals surface area contributed by atoms with E-state index in [-0.39, 0.29) is 6.10 Å². The van der Waals surface area contributed by atoms with Crippen LogP contribution in [-0.2, 0) is 13.6 Å². The fraction of sp³-hybridized carbons (Fsp3) is 0.333. The van der Waals surface area contributed by atoms with Crippen LogP contribution < -0.4 is 0 Å². The van der Waals surface area contributed by atoms with Gasteiger partial charge < -0.3 is 9.05 Å². The van der Waals surface area contributed by atoms with Gasteiger partial charge in [-0.1, -0.05) is 28.1 Å². The van der Waals surface area contributed by atoms with E-state index in [9.17, 15) is 4.57 Å². The molecule has 0 amide bonds. The predicted molar refractivity (Wildman–Crippen MR) is 57.5 cm³/mol. The molecule has 1 unspecified atom stereocenters. The van der Waals surface area contributed by atoms with Crippen LogP contribution in [0.15, 0.2) is 28.7 Å². The van der Waals surface area contributed by atoms with Gasteiger partial charge in [0.25, 0.3) is 0 Å². The van der Waals surface area contributed by atoms with Gasteiger partial charge in [-0.2, -0.15) is 0 Å². The molecule has 1 fully saturated rings. The fourth-order valence-electron chi connectivity index (χ4n) is 1.37. The van der Waals surface area contributed by atoms with Crippen LogP contribution in [0.2, 0.25) is 0 Å². The van der Waals surface area contributed by atoms with Gasteiger partial charge in [0.05, 0.1) is 12.7 Å². The minimum atomic E-state index is -2.26. The van der Waals surface area contributed by atoms with Crippen molar-refractivity contribution in [3.63, 3.8) is 0 Å². The topological polar surface area (TPSA) is 35.5 Å². The second-order valence-electron chi connectivity index (χ2n) is 3.05. The van der Waals surface area contributed by atoms with Gasteiger partial charge in [-0.3, -0.25) is 4.57 Å². The number of hydrogen-bond donors (Lipinski definition) is 0. The van der Waals surface area contributed by atoms with Crippen LogP contribution in [0.5, 0.6) is 0 Å². The molecular weight excluding hydrogens is 267 g/mol. The highest BCUT2D eigenvalue weighted by molar-refractivity contribution is 9.10. The second-order valence-corrected chi connectivity index (χ2v) is 4.99. The molecule has 0 bridgehead atoms. The molecule has 1 heterocycles.